The van der Waals surface area contributed by atoms with E-state index in [9.17, 15) is 14.0 Å². The molecule has 2 unspecified atom stereocenters. The molecule has 1 N–H and O–H groups in total. The molecule has 1 saturated carbocycles. The topological polar surface area (TPSA) is 35.8 Å². The van der Waals surface area contributed by atoms with Gasteiger partial charge in [-0.05, 0) is 50.9 Å². The second-order valence-corrected chi connectivity index (χ2v) is 6.23. The minimum Gasteiger partial charge on any atom is -0.302 e. The van der Waals surface area contributed by atoms with Crippen LogP contribution in [0.5, 0.6) is 0 Å². The lowest BCUT2D eigenvalue weighted by Crippen LogP contribution is -2.46. The Kier molecular flexibility index (Phi) is 4.43. The van der Waals surface area contributed by atoms with E-state index >= 15 is 0 Å². The summed E-state index contributed by atoms with van der Waals surface area (Å²) < 4.78 is 26.0. The first-order valence-corrected chi connectivity index (χ1v) is 7.18. The summed E-state index contributed by atoms with van der Waals surface area (Å²) in [5, 5.41) is 12.6. The molecule has 0 saturated heterocycles. The zero-order valence-corrected chi connectivity index (χ0v) is 11.6. The summed E-state index contributed by atoms with van der Waals surface area (Å²) in [7, 11) is 1.80. The summed E-state index contributed by atoms with van der Waals surface area (Å²) in [6.07, 6.45) is 3.53. The van der Waals surface area contributed by atoms with Crippen LogP contribution in [0.15, 0.2) is 23.1 Å². The predicted octanol–water partition coefficient (Wildman–Crippen LogP) is 3.48. The first kappa shape index (κ1) is 14.3. The van der Waals surface area contributed by atoms with Crippen molar-refractivity contribution in [3.8, 4) is 6.07 Å². The SMILES string of the molecule is CNC1(C#N)CCCC(Sc2ccc(F)c(F)c2)C1. The van der Waals surface area contributed by atoms with Gasteiger partial charge in [0.2, 0.25) is 0 Å². The smallest absolute Gasteiger partial charge is 0.159 e. The maximum atomic E-state index is 13.2. The van der Waals surface area contributed by atoms with Gasteiger partial charge in [-0.25, -0.2) is 8.78 Å². The van der Waals surface area contributed by atoms with E-state index in [4.69, 9.17) is 0 Å². The zero-order valence-electron chi connectivity index (χ0n) is 10.7. The number of halogens is 2. The molecule has 0 spiro atoms. The fourth-order valence-electron chi connectivity index (χ4n) is 2.45. The van der Waals surface area contributed by atoms with E-state index in [1.165, 1.54) is 17.8 Å². The van der Waals surface area contributed by atoms with Gasteiger partial charge in [0, 0.05) is 10.1 Å². The molecular formula is C14H16F2N2S. The fourth-order valence-corrected chi connectivity index (χ4v) is 3.81. The largest absolute Gasteiger partial charge is 0.302 e. The average molecular weight is 282 g/mol. The molecule has 19 heavy (non-hydrogen) atoms. The Morgan fingerprint density at radius 3 is 2.84 bits per heavy atom. The Balaban J connectivity index is 2.07. The minimum atomic E-state index is -0.824. The third-order valence-electron chi connectivity index (χ3n) is 3.59. The quantitative estimate of drug-likeness (QED) is 0.922. The molecule has 5 heteroatoms. The monoisotopic (exact) mass is 282 g/mol. The highest BCUT2D eigenvalue weighted by Gasteiger charge is 2.35. The summed E-state index contributed by atoms with van der Waals surface area (Å²) in [6, 6.07) is 6.31. The Labute approximate surface area is 116 Å². The zero-order chi connectivity index (χ0) is 13.9. The van der Waals surface area contributed by atoms with Crippen molar-refractivity contribution < 1.29 is 8.78 Å². The number of benzene rings is 1. The molecule has 0 bridgehead atoms. The summed E-state index contributed by atoms with van der Waals surface area (Å²) >= 11 is 1.52. The molecule has 1 fully saturated rings. The maximum Gasteiger partial charge on any atom is 0.159 e. The van der Waals surface area contributed by atoms with Crippen molar-refractivity contribution in [2.45, 2.75) is 41.4 Å². The Bertz CT molecular complexity index is 501. The summed E-state index contributed by atoms with van der Waals surface area (Å²) in [5.74, 6) is -1.64. The summed E-state index contributed by atoms with van der Waals surface area (Å²) in [5.41, 5.74) is -0.478. The number of nitrogens with zero attached hydrogens (tertiary/aromatic N) is 1. The van der Waals surface area contributed by atoms with Crippen LogP contribution >= 0.6 is 11.8 Å². The van der Waals surface area contributed by atoms with Crippen molar-refractivity contribution in [1.29, 1.82) is 5.26 Å². The first-order valence-electron chi connectivity index (χ1n) is 6.30. The molecule has 0 radical (unpaired) electrons. The molecule has 0 heterocycles. The van der Waals surface area contributed by atoms with E-state index in [1.807, 2.05) is 0 Å². The van der Waals surface area contributed by atoms with Crippen molar-refractivity contribution in [3.63, 3.8) is 0 Å². The van der Waals surface area contributed by atoms with Gasteiger partial charge in [-0.1, -0.05) is 0 Å². The van der Waals surface area contributed by atoms with Crippen molar-refractivity contribution in [2.75, 3.05) is 7.05 Å². The van der Waals surface area contributed by atoms with Gasteiger partial charge in [-0.15, -0.1) is 11.8 Å². The van der Waals surface area contributed by atoms with Crippen molar-refractivity contribution in [2.24, 2.45) is 0 Å². The summed E-state index contributed by atoms with van der Waals surface area (Å²) in [6.45, 7) is 0. The van der Waals surface area contributed by atoms with E-state index in [0.29, 0.717) is 4.90 Å². The van der Waals surface area contributed by atoms with Gasteiger partial charge < -0.3 is 5.32 Å². The first-order chi connectivity index (χ1) is 9.08. The second kappa shape index (κ2) is 5.89. The highest BCUT2D eigenvalue weighted by Crippen LogP contribution is 2.38. The molecule has 2 rings (SSSR count). The standard InChI is InChI=1S/C14H16F2N2S/c1-18-14(9-17)6-2-3-11(8-14)19-10-4-5-12(15)13(16)7-10/h4-5,7,11,18H,2-3,6,8H2,1H3. The van der Waals surface area contributed by atoms with E-state index in [0.717, 1.165) is 31.7 Å². The number of thioether (sulfide) groups is 1. The predicted molar refractivity (Wildman–Crippen MR) is 71.9 cm³/mol. The number of nitriles is 1. The fraction of sp³-hybridized carbons (Fsp3) is 0.500. The average Bonchev–Trinajstić information content (AvgIpc) is 2.43. The molecular weight excluding hydrogens is 266 g/mol. The van der Waals surface area contributed by atoms with Gasteiger partial charge in [0.25, 0.3) is 0 Å². The van der Waals surface area contributed by atoms with Crippen molar-refractivity contribution in [3.05, 3.63) is 29.8 Å². The molecule has 1 aliphatic carbocycles. The highest BCUT2D eigenvalue weighted by molar-refractivity contribution is 8.00. The van der Waals surface area contributed by atoms with Crippen molar-refractivity contribution in [1.82, 2.24) is 5.32 Å². The Hall–Kier alpha value is -1.12. The molecule has 2 nitrogen and oxygen atoms in total. The van der Waals surface area contributed by atoms with Gasteiger partial charge in [0.15, 0.2) is 11.6 Å². The normalized spacial score (nSPS) is 26.9. The number of nitrogens with one attached hydrogen (secondary N) is 1. The van der Waals surface area contributed by atoms with Crippen LogP contribution in [0.1, 0.15) is 25.7 Å². The highest BCUT2D eigenvalue weighted by atomic mass is 32.2. The molecule has 0 aromatic heterocycles. The number of hydrogen-bond donors (Lipinski definition) is 1. The molecule has 1 aliphatic rings. The lowest BCUT2D eigenvalue weighted by atomic mass is 9.83. The third-order valence-corrected chi connectivity index (χ3v) is 4.85. The van der Waals surface area contributed by atoms with Crippen LogP contribution < -0.4 is 5.32 Å². The lowest BCUT2D eigenvalue weighted by Gasteiger charge is -2.35. The van der Waals surface area contributed by atoms with Crippen LogP contribution in [0, 0.1) is 23.0 Å². The van der Waals surface area contributed by atoms with Crippen molar-refractivity contribution >= 4 is 11.8 Å². The molecule has 0 aliphatic heterocycles. The number of rotatable bonds is 3. The van der Waals surface area contributed by atoms with Gasteiger partial charge >= 0.3 is 0 Å². The van der Waals surface area contributed by atoms with Gasteiger partial charge in [0.1, 0.15) is 5.54 Å². The summed E-state index contributed by atoms with van der Waals surface area (Å²) in [4.78, 5) is 0.716. The van der Waals surface area contributed by atoms with Gasteiger partial charge in [0.05, 0.1) is 6.07 Å². The number of hydrogen-bond acceptors (Lipinski definition) is 3. The molecule has 2 atom stereocenters. The maximum absolute atomic E-state index is 13.2. The Morgan fingerprint density at radius 1 is 1.42 bits per heavy atom. The van der Waals surface area contributed by atoms with Crippen LogP contribution in [0.2, 0.25) is 0 Å². The third kappa shape index (κ3) is 3.26. The van der Waals surface area contributed by atoms with Crippen LogP contribution in [0.4, 0.5) is 8.78 Å². The molecule has 102 valence electrons. The molecule has 1 aromatic carbocycles. The van der Waals surface area contributed by atoms with E-state index in [2.05, 4.69) is 11.4 Å². The second-order valence-electron chi connectivity index (χ2n) is 4.86. The van der Waals surface area contributed by atoms with Gasteiger partial charge in [-0.3, -0.25) is 0 Å². The van der Waals surface area contributed by atoms with Crippen LogP contribution in [-0.2, 0) is 0 Å². The minimum absolute atomic E-state index is 0.255. The van der Waals surface area contributed by atoms with Crippen LogP contribution in [-0.4, -0.2) is 17.8 Å². The molecule has 1 aromatic rings. The Morgan fingerprint density at radius 2 is 2.21 bits per heavy atom. The lowest BCUT2D eigenvalue weighted by molar-refractivity contribution is 0.323. The molecule has 0 amide bonds. The van der Waals surface area contributed by atoms with Gasteiger partial charge in [-0.2, -0.15) is 5.26 Å². The van der Waals surface area contributed by atoms with E-state index < -0.39 is 17.2 Å². The van der Waals surface area contributed by atoms with Crippen LogP contribution in [0.25, 0.3) is 0 Å². The van der Waals surface area contributed by atoms with E-state index in [1.54, 1.807) is 13.1 Å². The van der Waals surface area contributed by atoms with E-state index in [-0.39, 0.29) is 5.25 Å². The van der Waals surface area contributed by atoms with Crippen LogP contribution in [0.3, 0.4) is 0 Å².